The van der Waals surface area contributed by atoms with Crippen LogP contribution in [0, 0.1) is 5.92 Å². The molecule has 0 amide bonds. The summed E-state index contributed by atoms with van der Waals surface area (Å²) in [5, 5.41) is 3.08. The number of rotatable bonds is 5. The second-order valence-electron chi connectivity index (χ2n) is 4.25. The van der Waals surface area contributed by atoms with Gasteiger partial charge in [0.1, 0.15) is 0 Å². The third kappa shape index (κ3) is 2.89. The maximum Gasteiger partial charge on any atom is 0.225 e. The Balaban J connectivity index is 1.95. The first-order chi connectivity index (χ1) is 7.29. The Morgan fingerprint density at radius 3 is 2.60 bits per heavy atom. The molecule has 1 aliphatic rings. The normalized spacial score (nSPS) is 15.3. The minimum absolute atomic E-state index is 0.826. The number of nitrogens with zero attached hydrogens (tertiary/aromatic N) is 3. The summed E-state index contributed by atoms with van der Waals surface area (Å²) >= 11 is 0. The van der Waals surface area contributed by atoms with Crippen molar-refractivity contribution in [1.82, 2.24) is 15.3 Å². The van der Waals surface area contributed by atoms with E-state index in [9.17, 15) is 0 Å². The van der Waals surface area contributed by atoms with Gasteiger partial charge in [0.2, 0.25) is 5.95 Å². The van der Waals surface area contributed by atoms with E-state index < -0.39 is 0 Å². The molecule has 0 unspecified atom stereocenters. The molecule has 1 aromatic rings. The molecule has 1 fully saturated rings. The zero-order chi connectivity index (χ0) is 10.7. The second-order valence-corrected chi connectivity index (χ2v) is 4.25. The highest BCUT2D eigenvalue weighted by molar-refractivity contribution is 5.28. The third-order valence-electron chi connectivity index (χ3n) is 2.64. The van der Waals surface area contributed by atoms with Gasteiger partial charge in [0.25, 0.3) is 0 Å². The highest BCUT2D eigenvalue weighted by atomic mass is 15.2. The monoisotopic (exact) mass is 206 g/mol. The minimum atomic E-state index is 0.826. The molecule has 0 spiro atoms. The molecule has 0 bridgehead atoms. The van der Waals surface area contributed by atoms with E-state index in [0.29, 0.717) is 0 Å². The van der Waals surface area contributed by atoms with Crippen LogP contribution in [0.2, 0.25) is 0 Å². The van der Waals surface area contributed by atoms with Crippen molar-refractivity contribution in [1.29, 1.82) is 0 Å². The Morgan fingerprint density at radius 2 is 2.07 bits per heavy atom. The number of aromatic nitrogens is 2. The maximum atomic E-state index is 4.35. The lowest BCUT2D eigenvalue weighted by Gasteiger charge is -2.16. The zero-order valence-corrected chi connectivity index (χ0v) is 9.40. The zero-order valence-electron chi connectivity index (χ0n) is 9.40. The molecule has 2 rings (SSSR count). The van der Waals surface area contributed by atoms with E-state index in [4.69, 9.17) is 0 Å². The smallest absolute Gasteiger partial charge is 0.225 e. The largest absolute Gasteiger partial charge is 0.344 e. The van der Waals surface area contributed by atoms with Crippen LogP contribution in [-0.4, -0.2) is 30.6 Å². The van der Waals surface area contributed by atoms with Gasteiger partial charge in [0.05, 0.1) is 0 Å². The van der Waals surface area contributed by atoms with Crippen molar-refractivity contribution >= 4 is 5.95 Å². The second kappa shape index (κ2) is 4.57. The molecular weight excluding hydrogens is 188 g/mol. The van der Waals surface area contributed by atoms with Crippen molar-refractivity contribution in [3.8, 4) is 0 Å². The van der Waals surface area contributed by atoms with Crippen LogP contribution in [0.4, 0.5) is 5.95 Å². The maximum absolute atomic E-state index is 4.35. The predicted octanol–water partition coefficient (Wildman–Crippen LogP) is 1.04. The van der Waals surface area contributed by atoms with Gasteiger partial charge in [0.15, 0.2) is 0 Å². The summed E-state index contributed by atoms with van der Waals surface area (Å²) in [5.41, 5.74) is 1.13. The number of anilines is 1. The molecule has 0 aliphatic heterocycles. The molecule has 0 atom stereocenters. The van der Waals surface area contributed by atoms with Crippen molar-refractivity contribution < 1.29 is 0 Å². The average Bonchev–Trinajstić information content (AvgIpc) is 3.03. The van der Waals surface area contributed by atoms with E-state index >= 15 is 0 Å². The molecule has 4 nitrogen and oxygen atoms in total. The summed E-state index contributed by atoms with van der Waals surface area (Å²) in [7, 11) is 3.98. The molecule has 1 N–H and O–H groups in total. The predicted molar refractivity (Wildman–Crippen MR) is 60.8 cm³/mol. The summed E-state index contributed by atoms with van der Waals surface area (Å²) in [5.74, 6) is 1.71. The Bertz CT molecular complexity index is 305. The van der Waals surface area contributed by atoms with E-state index in [2.05, 4.69) is 27.2 Å². The summed E-state index contributed by atoms with van der Waals surface area (Å²) in [6.45, 7) is 1.91. The van der Waals surface area contributed by atoms with E-state index in [1.54, 1.807) is 0 Å². The molecule has 82 valence electrons. The summed E-state index contributed by atoms with van der Waals surface area (Å²) in [4.78, 5) is 10.8. The molecule has 4 heteroatoms. The lowest BCUT2D eigenvalue weighted by Crippen LogP contribution is -2.22. The Kier molecular flexibility index (Phi) is 3.16. The quantitative estimate of drug-likeness (QED) is 0.781. The highest BCUT2D eigenvalue weighted by Gasteiger charge is 2.23. The summed E-state index contributed by atoms with van der Waals surface area (Å²) in [6, 6.07) is 0. The summed E-state index contributed by atoms with van der Waals surface area (Å²) < 4.78 is 0. The van der Waals surface area contributed by atoms with Crippen LogP contribution >= 0.6 is 0 Å². The number of nitrogens with one attached hydrogen (secondary N) is 1. The first-order valence-electron chi connectivity index (χ1n) is 5.46. The Labute approximate surface area is 90.7 Å². The number of hydrogen-bond donors (Lipinski definition) is 1. The van der Waals surface area contributed by atoms with Crippen LogP contribution in [-0.2, 0) is 6.54 Å². The third-order valence-corrected chi connectivity index (χ3v) is 2.64. The van der Waals surface area contributed by atoms with Crippen LogP contribution in [0.1, 0.15) is 18.4 Å². The molecule has 15 heavy (non-hydrogen) atoms. The van der Waals surface area contributed by atoms with Gasteiger partial charge in [0, 0.05) is 38.1 Å². The van der Waals surface area contributed by atoms with Gasteiger partial charge in [-0.15, -0.1) is 0 Å². The fourth-order valence-corrected chi connectivity index (χ4v) is 1.61. The molecule has 0 aromatic carbocycles. The highest BCUT2D eigenvalue weighted by Crippen LogP contribution is 2.29. The van der Waals surface area contributed by atoms with Gasteiger partial charge in [-0.3, -0.25) is 0 Å². The van der Waals surface area contributed by atoms with Gasteiger partial charge >= 0.3 is 0 Å². The van der Waals surface area contributed by atoms with E-state index in [0.717, 1.165) is 30.5 Å². The van der Waals surface area contributed by atoms with Crippen molar-refractivity contribution in [3.63, 3.8) is 0 Å². The van der Waals surface area contributed by atoms with Crippen molar-refractivity contribution in [3.05, 3.63) is 18.0 Å². The molecule has 1 heterocycles. The fraction of sp³-hybridized carbons (Fsp3) is 0.636. The summed E-state index contributed by atoms with van der Waals surface area (Å²) in [6.07, 6.45) is 6.51. The van der Waals surface area contributed by atoms with Crippen LogP contribution in [0.3, 0.4) is 0 Å². The minimum Gasteiger partial charge on any atom is -0.344 e. The lowest BCUT2D eigenvalue weighted by molar-refractivity contribution is 0.756. The van der Waals surface area contributed by atoms with E-state index in [1.807, 2.05) is 19.4 Å². The Hall–Kier alpha value is -1.16. The van der Waals surface area contributed by atoms with Crippen molar-refractivity contribution in [2.75, 3.05) is 25.5 Å². The Morgan fingerprint density at radius 1 is 1.40 bits per heavy atom. The lowest BCUT2D eigenvalue weighted by atomic mass is 10.3. The topological polar surface area (TPSA) is 41.1 Å². The van der Waals surface area contributed by atoms with E-state index in [1.165, 1.54) is 12.8 Å². The standard InChI is InChI=1S/C11H18N4/c1-12-5-10-6-13-11(14-7-10)15(2)8-9-3-4-9/h6-7,9,12H,3-5,8H2,1-2H3. The fourth-order valence-electron chi connectivity index (χ4n) is 1.61. The van der Waals surface area contributed by atoms with Gasteiger partial charge in [-0.05, 0) is 25.8 Å². The van der Waals surface area contributed by atoms with Crippen LogP contribution < -0.4 is 10.2 Å². The molecule has 1 aliphatic carbocycles. The van der Waals surface area contributed by atoms with Gasteiger partial charge in [-0.1, -0.05) is 0 Å². The number of hydrogen-bond acceptors (Lipinski definition) is 4. The van der Waals surface area contributed by atoms with Crippen LogP contribution in [0.5, 0.6) is 0 Å². The molecule has 0 saturated heterocycles. The van der Waals surface area contributed by atoms with E-state index in [-0.39, 0.29) is 0 Å². The first-order valence-corrected chi connectivity index (χ1v) is 5.46. The van der Waals surface area contributed by atoms with Crippen molar-refractivity contribution in [2.45, 2.75) is 19.4 Å². The van der Waals surface area contributed by atoms with Crippen LogP contribution in [0.15, 0.2) is 12.4 Å². The van der Waals surface area contributed by atoms with Crippen molar-refractivity contribution in [2.24, 2.45) is 5.92 Å². The van der Waals surface area contributed by atoms with Gasteiger partial charge in [-0.2, -0.15) is 0 Å². The average molecular weight is 206 g/mol. The van der Waals surface area contributed by atoms with Crippen LogP contribution in [0.25, 0.3) is 0 Å². The van der Waals surface area contributed by atoms with Gasteiger partial charge in [-0.25, -0.2) is 9.97 Å². The molecule has 1 aromatic heterocycles. The molecular formula is C11H18N4. The molecule has 1 saturated carbocycles. The van der Waals surface area contributed by atoms with Gasteiger partial charge < -0.3 is 10.2 Å². The SMILES string of the molecule is CNCc1cnc(N(C)CC2CC2)nc1. The first kappa shape index (κ1) is 10.4. The molecule has 0 radical (unpaired) electrons.